The molecule has 6 nitrogen and oxygen atoms in total. The first kappa shape index (κ1) is 19.1. The highest BCUT2D eigenvalue weighted by atomic mass is 32.1. The first-order valence-electron chi connectivity index (χ1n) is 8.81. The molecule has 3 rings (SSSR count). The van der Waals surface area contributed by atoms with Gasteiger partial charge in [0.2, 0.25) is 0 Å². The minimum absolute atomic E-state index is 0.0979. The SMILES string of the molecule is CCOC(=O)c1c(-c2ccccc2)csc1NC(=O)COC(=O)C1CC1C. The number of carbonyl (C=O) groups is 3. The van der Waals surface area contributed by atoms with Crippen LogP contribution in [0, 0.1) is 11.8 Å². The number of anilines is 1. The summed E-state index contributed by atoms with van der Waals surface area (Å²) in [5.41, 5.74) is 1.85. The van der Waals surface area contributed by atoms with Crippen molar-refractivity contribution in [2.45, 2.75) is 20.3 Å². The van der Waals surface area contributed by atoms with E-state index in [0.717, 1.165) is 12.0 Å². The minimum atomic E-state index is -0.503. The van der Waals surface area contributed by atoms with Crippen molar-refractivity contribution in [2.24, 2.45) is 11.8 Å². The van der Waals surface area contributed by atoms with Gasteiger partial charge in [0.05, 0.1) is 12.5 Å². The average Bonchev–Trinajstić information content (AvgIpc) is 3.25. The van der Waals surface area contributed by atoms with E-state index in [2.05, 4.69) is 5.32 Å². The standard InChI is InChI=1S/C20H21NO5S/c1-3-25-20(24)17-15(13-7-5-4-6-8-13)11-27-18(17)21-16(22)10-26-19(23)14-9-12(14)2/h4-8,11-12,14H,3,9-10H2,1-2H3,(H,21,22). The highest BCUT2D eigenvalue weighted by Crippen LogP contribution is 2.39. The summed E-state index contributed by atoms with van der Waals surface area (Å²) in [7, 11) is 0. The number of benzene rings is 1. The van der Waals surface area contributed by atoms with Crippen LogP contribution in [-0.4, -0.2) is 31.1 Å². The third kappa shape index (κ3) is 4.54. The summed E-state index contributed by atoms with van der Waals surface area (Å²) in [6.45, 7) is 3.55. The van der Waals surface area contributed by atoms with Gasteiger partial charge in [0.15, 0.2) is 6.61 Å². The maximum Gasteiger partial charge on any atom is 0.341 e. The van der Waals surface area contributed by atoms with Crippen molar-refractivity contribution in [1.82, 2.24) is 0 Å². The van der Waals surface area contributed by atoms with Crippen LogP contribution >= 0.6 is 11.3 Å². The summed E-state index contributed by atoms with van der Waals surface area (Å²) < 4.78 is 10.2. The van der Waals surface area contributed by atoms with Crippen LogP contribution in [0.2, 0.25) is 0 Å². The van der Waals surface area contributed by atoms with Crippen molar-refractivity contribution in [3.05, 3.63) is 41.3 Å². The normalized spacial score (nSPS) is 17.9. The Bertz CT molecular complexity index is 845. The minimum Gasteiger partial charge on any atom is -0.462 e. The van der Waals surface area contributed by atoms with E-state index in [1.165, 1.54) is 11.3 Å². The second-order valence-electron chi connectivity index (χ2n) is 6.42. The molecule has 1 fully saturated rings. The van der Waals surface area contributed by atoms with Gasteiger partial charge in [0, 0.05) is 10.9 Å². The van der Waals surface area contributed by atoms with Gasteiger partial charge in [-0.2, -0.15) is 0 Å². The first-order chi connectivity index (χ1) is 13.0. The molecule has 142 valence electrons. The molecule has 2 aromatic rings. The number of nitrogens with one attached hydrogen (secondary N) is 1. The smallest absolute Gasteiger partial charge is 0.341 e. The predicted molar refractivity (Wildman–Crippen MR) is 103 cm³/mol. The molecule has 1 amide bonds. The van der Waals surface area contributed by atoms with Crippen LogP contribution in [0.5, 0.6) is 0 Å². The van der Waals surface area contributed by atoms with E-state index in [4.69, 9.17) is 9.47 Å². The summed E-state index contributed by atoms with van der Waals surface area (Å²) >= 11 is 1.23. The Morgan fingerprint density at radius 3 is 2.52 bits per heavy atom. The van der Waals surface area contributed by atoms with Gasteiger partial charge in [0.1, 0.15) is 10.6 Å². The molecule has 1 aliphatic carbocycles. The molecule has 2 atom stereocenters. The van der Waals surface area contributed by atoms with Gasteiger partial charge in [-0.3, -0.25) is 9.59 Å². The monoisotopic (exact) mass is 387 g/mol. The van der Waals surface area contributed by atoms with E-state index < -0.39 is 11.9 Å². The zero-order valence-electron chi connectivity index (χ0n) is 15.2. The van der Waals surface area contributed by atoms with E-state index >= 15 is 0 Å². The molecular weight excluding hydrogens is 366 g/mol. The molecule has 1 heterocycles. The number of ether oxygens (including phenoxy) is 2. The number of amides is 1. The molecule has 0 spiro atoms. The number of hydrogen-bond donors (Lipinski definition) is 1. The lowest BCUT2D eigenvalue weighted by atomic mass is 10.0. The Morgan fingerprint density at radius 2 is 1.89 bits per heavy atom. The van der Waals surface area contributed by atoms with E-state index in [-0.39, 0.29) is 25.1 Å². The maximum atomic E-state index is 12.4. The Kier molecular flexibility index (Phi) is 5.91. The topological polar surface area (TPSA) is 81.7 Å². The lowest BCUT2D eigenvalue weighted by molar-refractivity contribution is -0.148. The van der Waals surface area contributed by atoms with E-state index in [1.807, 2.05) is 37.3 Å². The highest BCUT2D eigenvalue weighted by molar-refractivity contribution is 7.15. The summed E-state index contributed by atoms with van der Waals surface area (Å²) in [6, 6.07) is 9.40. The lowest BCUT2D eigenvalue weighted by Crippen LogP contribution is -2.22. The van der Waals surface area contributed by atoms with Gasteiger partial charge in [-0.15, -0.1) is 11.3 Å². The molecule has 27 heavy (non-hydrogen) atoms. The number of thiophene rings is 1. The quantitative estimate of drug-likeness (QED) is 0.732. The number of carbonyl (C=O) groups excluding carboxylic acids is 3. The molecule has 1 aromatic carbocycles. The second kappa shape index (κ2) is 8.35. The maximum absolute atomic E-state index is 12.4. The van der Waals surface area contributed by atoms with Crippen LogP contribution in [0.4, 0.5) is 5.00 Å². The fourth-order valence-corrected chi connectivity index (χ4v) is 3.72. The van der Waals surface area contributed by atoms with Crippen LogP contribution in [0.3, 0.4) is 0 Å². The van der Waals surface area contributed by atoms with Crippen LogP contribution in [0.25, 0.3) is 11.1 Å². The van der Waals surface area contributed by atoms with Gasteiger partial charge in [-0.05, 0) is 24.8 Å². The molecule has 1 saturated carbocycles. The molecule has 2 unspecified atom stereocenters. The first-order valence-corrected chi connectivity index (χ1v) is 9.69. The van der Waals surface area contributed by atoms with Crippen LogP contribution in [0.1, 0.15) is 30.6 Å². The molecular formula is C20H21NO5S. The Hall–Kier alpha value is -2.67. The fraction of sp³-hybridized carbons (Fsp3) is 0.350. The van der Waals surface area contributed by atoms with Gasteiger partial charge >= 0.3 is 11.9 Å². The van der Waals surface area contributed by atoms with Gasteiger partial charge in [-0.1, -0.05) is 37.3 Å². The van der Waals surface area contributed by atoms with E-state index in [9.17, 15) is 14.4 Å². The number of esters is 2. The molecule has 1 aliphatic rings. The summed E-state index contributed by atoms with van der Waals surface area (Å²) in [6.07, 6.45) is 0.804. The van der Waals surface area contributed by atoms with Crippen molar-refractivity contribution in [2.75, 3.05) is 18.5 Å². The van der Waals surface area contributed by atoms with Crippen molar-refractivity contribution in [1.29, 1.82) is 0 Å². The fourth-order valence-electron chi connectivity index (χ4n) is 2.74. The molecule has 0 aliphatic heterocycles. The Morgan fingerprint density at radius 1 is 1.19 bits per heavy atom. The summed E-state index contributed by atoms with van der Waals surface area (Å²) in [4.78, 5) is 36.4. The molecule has 1 N–H and O–H groups in total. The molecule has 0 bridgehead atoms. The van der Waals surface area contributed by atoms with Crippen LogP contribution < -0.4 is 5.32 Å². The van der Waals surface area contributed by atoms with Crippen molar-refractivity contribution in [3.63, 3.8) is 0 Å². The van der Waals surface area contributed by atoms with Gasteiger partial charge in [-0.25, -0.2) is 4.79 Å². The van der Waals surface area contributed by atoms with Gasteiger partial charge in [0.25, 0.3) is 5.91 Å². The summed E-state index contributed by atoms with van der Waals surface area (Å²) in [5, 5.41) is 4.85. The van der Waals surface area contributed by atoms with Crippen molar-refractivity contribution in [3.8, 4) is 11.1 Å². The van der Waals surface area contributed by atoms with Gasteiger partial charge < -0.3 is 14.8 Å². The van der Waals surface area contributed by atoms with Crippen LogP contribution in [0.15, 0.2) is 35.7 Å². The van der Waals surface area contributed by atoms with Crippen LogP contribution in [-0.2, 0) is 19.1 Å². The third-order valence-corrected chi connectivity index (χ3v) is 5.26. The number of rotatable bonds is 7. The molecule has 0 radical (unpaired) electrons. The Balaban J connectivity index is 1.74. The van der Waals surface area contributed by atoms with Crippen molar-refractivity contribution >= 4 is 34.2 Å². The Labute approximate surface area is 161 Å². The largest absolute Gasteiger partial charge is 0.462 e. The lowest BCUT2D eigenvalue weighted by Gasteiger charge is -2.09. The molecule has 1 aromatic heterocycles. The third-order valence-electron chi connectivity index (χ3n) is 4.37. The molecule has 7 heteroatoms. The highest BCUT2D eigenvalue weighted by Gasteiger charge is 2.40. The van der Waals surface area contributed by atoms with Crippen molar-refractivity contribution < 1.29 is 23.9 Å². The summed E-state index contributed by atoms with van der Waals surface area (Å²) in [5.74, 6) is -1.11. The number of hydrogen-bond acceptors (Lipinski definition) is 6. The average molecular weight is 387 g/mol. The zero-order valence-corrected chi connectivity index (χ0v) is 16.0. The second-order valence-corrected chi connectivity index (χ2v) is 7.30. The van der Waals surface area contributed by atoms with E-state index in [1.54, 1.807) is 12.3 Å². The van der Waals surface area contributed by atoms with E-state index in [0.29, 0.717) is 22.0 Å². The predicted octanol–water partition coefficient (Wildman–Crippen LogP) is 3.73. The molecule has 0 saturated heterocycles. The zero-order chi connectivity index (χ0) is 19.4.